The summed E-state index contributed by atoms with van der Waals surface area (Å²) in [5, 5.41) is 0. The zero-order chi connectivity index (χ0) is 22.0. The molecule has 0 bridgehead atoms. The molecule has 1 aromatic carbocycles. The largest absolute Gasteiger partial charge is 0.333 e. The second kappa shape index (κ2) is 9.28. The van der Waals surface area contributed by atoms with E-state index in [0.717, 1.165) is 57.9 Å². The van der Waals surface area contributed by atoms with Crippen LogP contribution in [-0.4, -0.2) is 107 Å². The van der Waals surface area contributed by atoms with E-state index in [4.69, 9.17) is 4.99 Å². The molecule has 1 atom stereocenters. The first-order chi connectivity index (χ1) is 15.0. The molecule has 0 spiro atoms. The van der Waals surface area contributed by atoms with E-state index in [9.17, 15) is 9.59 Å². The second-order valence-electron chi connectivity index (χ2n) is 8.61. The lowest BCUT2D eigenvalue weighted by Gasteiger charge is -2.34. The molecule has 8 heteroatoms. The molecule has 3 aliphatic rings. The molecule has 0 N–H and O–H groups in total. The molecule has 0 saturated carbocycles. The van der Waals surface area contributed by atoms with Crippen LogP contribution in [0.25, 0.3) is 0 Å². The normalized spacial score (nSPS) is 22.9. The first kappa shape index (κ1) is 21.6. The first-order valence-corrected chi connectivity index (χ1v) is 11.2. The van der Waals surface area contributed by atoms with Crippen LogP contribution in [0.15, 0.2) is 35.3 Å². The summed E-state index contributed by atoms with van der Waals surface area (Å²) in [6, 6.07) is 9.79. The summed E-state index contributed by atoms with van der Waals surface area (Å²) in [5.41, 5.74) is 1.35. The average Bonchev–Trinajstić information content (AvgIpc) is 3.15. The van der Waals surface area contributed by atoms with Crippen LogP contribution in [0.1, 0.15) is 25.3 Å². The quantitative estimate of drug-likeness (QED) is 0.618. The standard InChI is InChI=1S/C23H33N6O2/c1-4-5-11-29-19(24-21-20(29)22(30)26(3)23(31)25(21)2)17-28-14-12-27(13-15-28)16-18-9-7-6-8-10-18/h6-10,20H,4-5,11-17H2,1-3H3/q+1. The number of likely N-dealkylation sites (N-methyl/N-ethyl adjacent to an activating group) is 2. The fourth-order valence-electron chi connectivity index (χ4n) is 4.51. The van der Waals surface area contributed by atoms with Gasteiger partial charge in [-0.3, -0.25) is 24.4 Å². The topological polar surface area (TPSA) is 62.5 Å². The summed E-state index contributed by atoms with van der Waals surface area (Å²) in [6.07, 6.45) is 2.03. The number of carbonyl (C=O) groups excluding carboxylic acids is 2. The number of amides is 3. The molecule has 8 nitrogen and oxygen atoms in total. The predicted molar refractivity (Wildman–Crippen MR) is 120 cm³/mol. The molecular formula is C23H33N6O2+. The summed E-state index contributed by atoms with van der Waals surface area (Å²) in [7, 11) is 3.26. The van der Waals surface area contributed by atoms with E-state index in [0.29, 0.717) is 12.4 Å². The van der Waals surface area contributed by atoms with E-state index in [1.165, 1.54) is 15.4 Å². The molecular weight excluding hydrogens is 392 g/mol. The molecule has 2 saturated heterocycles. The minimum Gasteiger partial charge on any atom is -0.297 e. The highest BCUT2D eigenvalue weighted by Crippen LogP contribution is 2.20. The van der Waals surface area contributed by atoms with Gasteiger partial charge in [-0.25, -0.2) is 9.37 Å². The summed E-state index contributed by atoms with van der Waals surface area (Å²) < 4.78 is 2.12. The summed E-state index contributed by atoms with van der Waals surface area (Å²) in [6.45, 7) is 8.57. The van der Waals surface area contributed by atoms with Gasteiger partial charge < -0.3 is 0 Å². The fourth-order valence-corrected chi connectivity index (χ4v) is 4.51. The van der Waals surface area contributed by atoms with Crippen molar-refractivity contribution in [2.24, 2.45) is 4.99 Å². The molecule has 3 amide bonds. The number of hydrogen-bond acceptors (Lipinski definition) is 5. The molecule has 1 unspecified atom stereocenters. The third kappa shape index (κ3) is 4.41. The molecule has 0 radical (unpaired) electrons. The van der Waals surface area contributed by atoms with E-state index < -0.39 is 6.04 Å². The summed E-state index contributed by atoms with van der Waals surface area (Å²) >= 11 is 0. The molecule has 1 aromatic rings. The number of urea groups is 1. The Morgan fingerprint density at radius 1 is 0.968 bits per heavy atom. The number of rotatable bonds is 7. The van der Waals surface area contributed by atoms with Crippen molar-refractivity contribution < 1.29 is 14.2 Å². The third-order valence-corrected chi connectivity index (χ3v) is 6.44. The summed E-state index contributed by atoms with van der Waals surface area (Å²) in [4.78, 5) is 37.7. The van der Waals surface area contributed by atoms with Crippen molar-refractivity contribution in [3.8, 4) is 0 Å². The molecule has 31 heavy (non-hydrogen) atoms. The van der Waals surface area contributed by atoms with Crippen LogP contribution in [-0.2, 0) is 11.3 Å². The van der Waals surface area contributed by atoms with Gasteiger partial charge in [0.1, 0.15) is 6.54 Å². The van der Waals surface area contributed by atoms with Crippen LogP contribution in [0.3, 0.4) is 0 Å². The van der Waals surface area contributed by atoms with Gasteiger partial charge in [-0.1, -0.05) is 43.7 Å². The van der Waals surface area contributed by atoms with Crippen LogP contribution in [0, 0.1) is 0 Å². The lowest BCUT2D eigenvalue weighted by molar-refractivity contribution is -0.536. The molecule has 3 aliphatic heterocycles. The van der Waals surface area contributed by atoms with Gasteiger partial charge in [0.2, 0.25) is 0 Å². The minimum atomic E-state index is -0.478. The highest BCUT2D eigenvalue weighted by atomic mass is 16.2. The number of amidine groups is 2. The van der Waals surface area contributed by atoms with Gasteiger partial charge in [0.15, 0.2) is 0 Å². The number of fused-ring (bicyclic) bond motifs is 1. The van der Waals surface area contributed by atoms with E-state index in [2.05, 4.69) is 51.6 Å². The maximum absolute atomic E-state index is 12.9. The van der Waals surface area contributed by atoms with Gasteiger partial charge in [-0.05, 0) is 17.0 Å². The van der Waals surface area contributed by atoms with Crippen LogP contribution in [0.2, 0.25) is 0 Å². The number of benzene rings is 1. The van der Waals surface area contributed by atoms with E-state index in [1.54, 1.807) is 14.1 Å². The zero-order valence-electron chi connectivity index (χ0n) is 18.8. The highest BCUT2D eigenvalue weighted by molar-refractivity contribution is 6.23. The third-order valence-electron chi connectivity index (χ3n) is 6.44. The molecule has 3 heterocycles. The van der Waals surface area contributed by atoms with Gasteiger partial charge in [-0.15, -0.1) is 0 Å². The van der Waals surface area contributed by atoms with Crippen molar-refractivity contribution in [1.29, 1.82) is 0 Å². The van der Waals surface area contributed by atoms with Gasteiger partial charge in [0.25, 0.3) is 17.8 Å². The van der Waals surface area contributed by atoms with Crippen molar-refractivity contribution in [3.63, 3.8) is 0 Å². The number of nitrogens with zero attached hydrogens (tertiary/aromatic N) is 6. The molecule has 4 rings (SSSR count). The number of hydrogen-bond donors (Lipinski definition) is 0. The molecule has 0 aromatic heterocycles. The zero-order valence-corrected chi connectivity index (χ0v) is 18.8. The number of unbranched alkanes of at least 4 members (excludes halogenated alkanes) is 1. The Kier molecular flexibility index (Phi) is 6.48. The smallest absolute Gasteiger partial charge is 0.297 e. The fraction of sp³-hybridized carbons (Fsp3) is 0.565. The lowest BCUT2D eigenvalue weighted by atomic mass is 10.1. The average molecular weight is 426 g/mol. The van der Waals surface area contributed by atoms with Crippen molar-refractivity contribution >= 4 is 23.6 Å². The maximum Gasteiger partial charge on any atom is 0.333 e. The van der Waals surface area contributed by atoms with Crippen LogP contribution in [0.4, 0.5) is 4.79 Å². The van der Waals surface area contributed by atoms with Crippen LogP contribution in [0.5, 0.6) is 0 Å². The van der Waals surface area contributed by atoms with Gasteiger partial charge in [0, 0.05) is 46.8 Å². The minimum absolute atomic E-state index is 0.180. The predicted octanol–water partition coefficient (Wildman–Crippen LogP) is 1.32. The van der Waals surface area contributed by atoms with E-state index in [1.807, 2.05) is 0 Å². The van der Waals surface area contributed by atoms with Crippen molar-refractivity contribution in [1.82, 2.24) is 19.6 Å². The summed E-state index contributed by atoms with van der Waals surface area (Å²) in [5.74, 6) is 1.30. The number of carbonyl (C=O) groups is 2. The molecule has 0 aliphatic carbocycles. The Labute approximate surface area is 184 Å². The van der Waals surface area contributed by atoms with Crippen molar-refractivity contribution in [2.45, 2.75) is 32.4 Å². The Morgan fingerprint density at radius 3 is 2.26 bits per heavy atom. The van der Waals surface area contributed by atoms with Crippen LogP contribution < -0.4 is 0 Å². The Bertz CT molecular complexity index is 889. The highest BCUT2D eigenvalue weighted by Gasteiger charge is 2.52. The molecule has 2 fully saturated rings. The van der Waals surface area contributed by atoms with Crippen molar-refractivity contribution in [2.75, 3.05) is 53.4 Å². The van der Waals surface area contributed by atoms with Gasteiger partial charge in [-0.2, -0.15) is 0 Å². The lowest BCUT2D eigenvalue weighted by Crippen LogP contribution is -2.61. The number of imide groups is 1. The maximum atomic E-state index is 12.9. The number of piperazine rings is 1. The Balaban J connectivity index is 1.45. The second-order valence-corrected chi connectivity index (χ2v) is 8.61. The monoisotopic (exact) mass is 425 g/mol. The van der Waals surface area contributed by atoms with E-state index in [-0.39, 0.29) is 11.9 Å². The number of aliphatic imine (C=N–C) groups is 1. The van der Waals surface area contributed by atoms with Crippen molar-refractivity contribution in [3.05, 3.63) is 35.9 Å². The van der Waals surface area contributed by atoms with Gasteiger partial charge >= 0.3 is 11.9 Å². The SMILES string of the molecule is CCCC[N+]1=C(CN2CCN(Cc3ccccc3)CC2)N=C2C1C(=O)N(C)C(=O)N2C. The van der Waals surface area contributed by atoms with E-state index >= 15 is 0 Å². The Hall–Kier alpha value is -2.58. The van der Waals surface area contributed by atoms with Crippen LogP contribution >= 0.6 is 0 Å². The van der Waals surface area contributed by atoms with Gasteiger partial charge in [0.05, 0.1) is 6.54 Å². The first-order valence-electron chi connectivity index (χ1n) is 11.2. The molecule has 166 valence electrons. The Morgan fingerprint density at radius 2 is 1.61 bits per heavy atom.